The van der Waals surface area contributed by atoms with Gasteiger partial charge in [0.25, 0.3) is 0 Å². The molecule has 0 aromatic carbocycles. The van der Waals surface area contributed by atoms with Crippen LogP contribution in [0.2, 0.25) is 0 Å². The number of rotatable bonds is 0. The lowest BCUT2D eigenvalue weighted by atomic mass is 10.2. The SMILES string of the molecule is C=C1[CH+]CC(=C)[CH-]1. The summed E-state index contributed by atoms with van der Waals surface area (Å²) in [6.07, 6.45) is 5.07. The van der Waals surface area contributed by atoms with Gasteiger partial charge in [-0.25, -0.2) is 0 Å². The van der Waals surface area contributed by atoms with Crippen LogP contribution < -0.4 is 0 Å². The molecule has 0 aromatic heterocycles. The van der Waals surface area contributed by atoms with E-state index >= 15 is 0 Å². The van der Waals surface area contributed by atoms with Crippen molar-refractivity contribution in [2.45, 2.75) is 6.42 Å². The summed E-state index contributed by atoms with van der Waals surface area (Å²) in [7, 11) is 0. The lowest BCUT2D eigenvalue weighted by molar-refractivity contribution is 1.29. The van der Waals surface area contributed by atoms with Crippen molar-refractivity contribution in [1.29, 1.82) is 0 Å². The Hall–Kier alpha value is -0.780. The van der Waals surface area contributed by atoms with Crippen molar-refractivity contribution in [2.24, 2.45) is 0 Å². The zero-order chi connectivity index (χ0) is 5.28. The fraction of sp³-hybridized carbons (Fsp3) is 0.143. The first-order chi connectivity index (χ1) is 3.29. The second-order valence-electron chi connectivity index (χ2n) is 1.79. The maximum atomic E-state index is 3.76. The molecule has 0 heterocycles. The van der Waals surface area contributed by atoms with Crippen LogP contribution in [0.4, 0.5) is 0 Å². The molecule has 0 N–H and O–H groups in total. The van der Waals surface area contributed by atoms with Gasteiger partial charge in [0.1, 0.15) is 0 Å². The van der Waals surface area contributed by atoms with Gasteiger partial charge in [0.2, 0.25) is 0 Å². The van der Waals surface area contributed by atoms with E-state index in [2.05, 4.69) is 19.6 Å². The highest BCUT2D eigenvalue weighted by Crippen LogP contribution is 2.23. The summed E-state index contributed by atoms with van der Waals surface area (Å²) >= 11 is 0. The van der Waals surface area contributed by atoms with Crippen LogP contribution in [0.1, 0.15) is 6.42 Å². The highest BCUT2D eigenvalue weighted by atomic mass is 14.1. The first kappa shape index (κ1) is 4.38. The second kappa shape index (κ2) is 1.38. The fourth-order valence-electron chi connectivity index (χ4n) is 0.642. The van der Waals surface area contributed by atoms with Gasteiger partial charge in [-0.15, -0.1) is 0 Å². The van der Waals surface area contributed by atoms with E-state index in [-0.39, 0.29) is 0 Å². The van der Waals surface area contributed by atoms with E-state index in [1.54, 1.807) is 0 Å². The number of hydrogen-bond donors (Lipinski definition) is 0. The van der Waals surface area contributed by atoms with E-state index in [4.69, 9.17) is 0 Å². The van der Waals surface area contributed by atoms with E-state index in [1.165, 1.54) is 5.57 Å². The zero-order valence-electron chi connectivity index (χ0n) is 4.28. The Morgan fingerprint density at radius 2 is 2.29 bits per heavy atom. The second-order valence-corrected chi connectivity index (χ2v) is 1.79. The van der Waals surface area contributed by atoms with E-state index in [0.717, 1.165) is 12.0 Å². The molecule has 0 unspecified atom stereocenters. The van der Waals surface area contributed by atoms with Crippen LogP contribution in [0, 0.1) is 12.8 Å². The van der Waals surface area contributed by atoms with Crippen molar-refractivity contribution in [3.8, 4) is 0 Å². The molecule has 0 spiro atoms. The van der Waals surface area contributed by atoms with Crippen molar-refractivity contribution >= 4 is 0 Å². The molecule has 1 saturated carbocycles. The van der Waals surface area contributed by atoms with Crippen molar-refractivity contribution in [3.63, 3.8) is 0 Å². The Morgan fingerprint density at radius 3 is 2.43 bits per heavy atom. The largest absolute Gasteiger partial charge is 0.0955 e. The van der Waals surface area contributed by atoms with Crippen molar-refractivity contribution in [1.82, 2.24) is 0 Å². The fourth-order valence-corrected chi connectivity index (χ4v) is 0.642. The molecule has 0 aromatic rings. The molecule has 0 nitrogen and oxygen atoms in total. The normalized spacial score (nSPS) is 18.9. The maximum absolute atomic E-state index is 3.76. The molecule has 1 rings (SSSR count). The summed E-state index contributed by atoms with van der Waals surface area (Å²) in [5, 5.41) is 0. The monoisotopic (exact) mass is 92.1 g/mol. The van der Waals surface area contributed by atoms with Gasteiger partial charge in [-0.1, -0.05) is 31.6 Å². The minimum atomic E-state index is 0.999. The van der Waals surface area contributed by atoms with Crippen LogP contribution in [0.25, 0.3) is 0 Å². The lowest BCUT2D eigenvalue weighted by Crippen LogP contribution is -1.64. The van der Waals surface area contributed by atoms with Gasteiger partial charge in [-0.2, -0.15) is 0 Å². The van der Waals surface area contributed by atoms with Crippen LogP contribution in [-0.4, -0.2) is 0 Å². The van der Waals surface area contributed by atoms with E-state index in [1.807, 2.05) is 6.42 Å². The third kappa shape index (κ3) is 0.801. The summed E-state index contributed by atoms with van der Waals surface area (Å²) in [5.41, 5.74) is 2.27. The highest BCUT2D eigenvalue weighted by Gasteiger charge is 2.06. The lowest BCUT2D eigenvalue weighted by Gasteiger charge is -1.82. The Labute approximate surface area is 44.5 Å². The van der Waals surface area contributed by atoms with E-state index in [0.29, 0.717) is 0 Å². The molecule has 0 bridgehead atoms. The maximum Gasteiger partial charge on any atom is -0.00943 e. The standard InChI is InChI=1S/C7H8/c1-6-3-4-7(2)5-6/h3,5H,1-2,4H2. The van der Waals surface area contributed by atoms with Gasteiger partial charge in [0, 0.05) is 0 Å². The third-order valence-corrected chi connectivity index (χ3v) is 1.02. The molecule has 1 aliphatic rings. The highest BCUT2D eigenvalue weighted by molar-refractivity contribution is 5.39. The van der Waals surface area contributed by atoms with Gasteiger partial charge < -0.3 is 0 Å². The molecule has 7 heavy (non-hydrogen) atoms. The predicted octanol–water partition coefficient (Wildman–Crippen LogP) is 1.91. The van der Waals surface area contributed by atoms with Crippen LogP contribution >= 0.6 is 0 Å². The van der Waals surface area contributed by atoms with Gasteiger partial charge in [-0.3, -0.25) is 0 Å². The summed E-state index contributed by atoms with van der Waals surface area (Å²) in [4.78, 5) is 0. The molecular formula is C7H8. The van der Waals surface area contributed by atoms with Crippen molar-refractivity contribution in [3.05, 3.63) is 37.1 Å². The average Bonchev–Trinajstić information content (AvgIpc) is 1.87. The number of hydrogen-bond acceptors (Lipinski definition) is 0. The van der Waals surface area contributed by atoms with Crippen LogP contribution in [0.3, 0.4) is 0 Å². The predicted molar refractivity (Wildman–Crippen MR) is 31.5 cm³/mol. The molecule has 0 atom stereocenters. The molecule has 0 radical (unpaired) electrons. The Morgan fingerprint density at radius 1 is 1.57 bits per heavy atom. The quantitative estimate of drug-likeness (QED) is 0.400. The molecule has 36 valence electrons. The Kier molecular flexibility index (Phi) is 0.861. The minimum absolute atomic E-state index is 0.999. The van der Waals surface area contributed by atoms with E-state index in [9.17, 15) is 0 Å². The van der Waals surface area contributed by atoms with Gasteiger partial charge >= 0.3 is 0 Å². The molecule has 0 aliphatic heterocycles. The van der Waals surface area contributed by atoms with Crippen molar-refractivity contribution < 1.29 is 0 Å². The average molecular weight is 92.1 g/mol. The topological polar surface area (TPSA) is 0 Å². The molecular weight excluding hydrogens is 84.1 g/mol. The summed E-state index contributed by atoms with van der Waals surface area (Å²) < 4.78 is 0. The summed E-state index contributed by atoms with van der Waals surface area (Å²) in [6.45, 7) is 7.49. The first-order valence-corrected chi connectivity index (χ1v) is 2.33. The molecule has 1 aliphatic carbocycles. The summed E-state index contributed by atoms with van der Waals surface area (Å²) in [5.74, 6) is 0. The van der Waals surface area contributed by atoms with Gasteiger partial charge in [-0.05, 0) is 12.0 Å². The molecule has 1 fully saturated rings. The number of allylic oxidation sites excluding steroid dienone is 2. The van der Waals surface area contributed by atoms with Crippen LogP contribution in [0.5, 0.6) is 0 Å². The van der Waals surface area contributed by atoms with Gasteiger partial charge in [0.15, 0.2) is 0 Å². The van der Waals surface area contributed by atoms with Gasteiger partial charge in [0.05, 0.1) is 0 Å². The first-order valence-electron chi connectivity index (χ1n) is 2.33. The Balaban J connectivity index is 2.55. The summed E-state index contributed by atoms with van der Waals surface area (Å²) in [6, 6.07) is 0. The zero-order valence-corrected chi connectivity index (χ0v) is 4.28. The third-order valence-electron chi connectivity index (χ3n) is 1.02. The van der Waals surface area contributed by atoms with Crippen LogP contribution in [0.15, 0.2) is 24.3 Å². The molecule has 0 heteroatoms. The van der Waals surface area contributed by atoms with Crippen LogP contribution in [-0.2, 0) is 0 Å². The minimum Gasteiger partial charge on any atom is -0.0955 e. The Bertz CT molecular complexity index is 95.2. The molecule has 0 saturated heterocycles. The molecule has 0 amide bonds. The smallest absolute Gasteiger partial charge is 0.00943 e. The van der Waals surface area contributed by atoms with E-state index < -0.39 is 0 Å². The van der Waals surface area contributed by atoms with Crippen molar-refractivity contribution in [2.75, 3.05) is 0 Å².